The zero-order chi connectivity index (χ0) is 15.6. The van der Waals surface area contributed by atoms with Crippen molar-refractivity contribution in [3.05, 3.63) is 35.4 Å². The molecule has 0 aromatic heterocycles. The van der Waals surface area contributed by atoms with Gasteiger partial charge in [-0.05, 0) is 37.7 Å². The Morgan fingerprint density at radius 2 is 2.00 bits per heavy atom. The van der Waals surface area contributed by atoms with Crippen LogP contribution in [0.15, 0.2) is 18.2 Å². The van der Waals surface area contributed by atoms with E-state index in [1.54, 1.807) is 0 Å². The summed E-state index contributed by atoms with van der Waals surface area (Å²) in [6.45, 7) is 8.39. The molecule has 4 unspecified atom stereocenters. The molecule has 0 amide bonds. The van der Waals surface area contributed by atoms with Gasteiger partial charge in [-0.25, -0.2) is 8.78 Å². The number of aliphatic hydroxyl groups excluding tert-OH is 1. The fourth-order valence-corrected chi connectivity index (χ4v) is 3.35. The summed E-state index contributed by atoms with van der Waals surface area (Å²) in [5.41, 5.74) is 0.0563. The van der Waals surface area contributed by atoms with Crippen molar-refractivity contribution in [3.63, 3.8) is 0 Å². The molecule has 0 aliphatic carbocycles. The summed E-state index contributed by atoms with van der Waals surface area (Å²) in [6.07, 6.45) is 0.684. The molecule has 1 N–H and O–H groups in total. The highest BCUT2D eigenvalue weighted by molar-refractivity contribution is 5.21. The van der Waals surface area contributed by atoms with Crippen LogP contribution < -0.4 is 0 Å². The monoisotopic (exact) mass is 297 g/mol. The Bertz CT molecular complexity index is 480. The van der Waals surface area contributed by atoms with Crippen LogP contribution in [0.25, 0.3) is 0 Å². The summed E-state index contributed by atoms with van der Waals surface area (Å²) >= 11 is 0. The van der Waals surface area contributed by atoms with Gasteiger partial charge >= 0.3 is 0 Å². The first-order valence-corrected chi connectivity index (χ1v) is 7.76. The number of halogens is 2. The van der Waals surface area contributed by atoms with Crippen LogP contribution in [-0.4, -0.2) is 29.1 Å². The normalized spacial score (nSPS) is 28.6. The minimum atomic E-state index is -0.958. The number of benzene rings is 1. The molecule has 2 nitrogen and oxygen atoms in total. The van der Waals surface area contributed by atoms with Crippen LogP contribution in [-0.2, 0) is 0 Å². The molecule has 4 atom stereocenters. The summed E-state index contributed by atoms with van der Waals surface area (Å²) in [6, 6.07) is 4.42. The molecular weight excluding hydrogens is 272 g/mol. The number of aliphatic hydroxyl groups is 1. The van der Waals surface area contributed by atoms with Crippen LogP contribution in [0, 0.1) is 23.5 Å². The van der Waals surface area contributed by atoms with E-state index < -0.39 is 17.7 Å². The van der Waals surface area contributed by atoms with Gasteiger partial charge in [-0.2, -0.15) is 0 Å². The molecule has 1 aromatic carbocycles. The van der Waals surface area contributed by atoms with Gasteiger partial charge in [0.1, 0.15) is 0 Å². The lowest BCUT2D eigenvalue weighted by Gasteiger charge is -2.41. The molecule has 1 aromatic rings. The van der Waals surface area contributed by atoms with E-state index in [9.17, 15) is 13.9 Å². The average Bonchev–Trinajstić information content (AvgIpc) is 2.43. The Morgan fingerprint density at radius 3 is 2.71 bits per heavy atom. The third-order valence-electron chi connectivity index (χ3n) is 4.75. The van der Waals surface area contributed by atoms with E-state index in [1.807, 2.05) is 0 Å². The maximum atomic E-state index is 13.7. The fourth-order valence-electron chi connectivity index (χ4n) is 3.35. The Kier molecular flexibility index (Phi) is 5.33. The van der Waals surface area contributed by atoms with Crippen LogP contribution >= 0.6 is 0 Å². The first kappa shape index (κ1) is 16.4. The van der Waals surface area contributed by atoms with Gasteiger partial charge in [-0.1, -0.05) is 26.0 Å². The predicted molar refractivity (Wildman–Crippen MR) is 79.9 cm³/mol. The molecule has 0 saturated carbocycles. The van der Waals surface area contributed by atoms with E-state index in [0.717, 1.165) is 12.6 Å². The largest absolute Gasteiger partial charge is 0.388 e. The lowest BCUT2D eigenvalue weighted by molar-refractivity contribution is 0.0590. The number of rotatable bonds is 4. The van der Waals surface area contributed by atoms with Gasteiger partial charge in [0, 0.05) is 24.7 Å². The van der Waals surface area contributed by atoms with Gasteiger partial charge in [0.2, 0.25) is 0 Å². The van der Waals surface area contributed by atoms with E-state index in [1.165, 1.54) is 18.6 Å². The highest BCUT2D eigenvalue weighted by atomic mass is 19.2. The summed E-state index contributed by atoms with van der Waals surface area (Å²) < 4.78 is 26.9. The Balaban J connectivity index is 1.97. The minimum Gasteiger partial charge on any atom is -0.388 e. The number of likely N-dealkylation sites (tertiary alicyclic amines) is 1. The van der Waals surface area contributed by atoms with Crippen molar-refractivity contribution in [3.8, 4) is 0 Å². The van der Waals surface area contributed by atoms with Gasteiger partial charge < -0.3 is 10.0 Å². The van der Waals surface area contributed by atoms with Crippen LogP contribution in [0.5, 0.6) is 0 Å². The molecule has 4 heteroatoms. The summed E-state index contributed by atoms with van der Waals surface area (Å²) in [7, 11) is 0. The van der Waals surface area contributed by atoms with E-state index >= 15 is 0 Å². The number of nitrogens with zero attached hydrogens (tertiary/aromatic N) is 1. The quantitative estimate of drug-likeness (QED) is 0.915. The van der Waals surface area contributed by atoms with Crippen molar-refractivity contribution in [2.45, 2.75) is 45.8 Å². The second-order valence-corrected chi connectivity index (χ2v) is 6.50. The van der Waals surface area contributed by atoms with Crippen molar-refractivity contribution in [1.82, 2.24) is 4.90 Å². The van der Waals surface area contributed by atoms with Crippen molar-refractivity contribution >= 4 is 0 Å². The lowest BCUT2D eigenvalue weighted by atomic mass is 9.86. The van der Waals surface area contributed by atoms with Crippen LogP contribution in [0.4, 0.5) is 8.78 Å². The van der Waals surface area contributed by atoms with E-state index in [0.29, 0.717) is 30.8 Å². The third-order valence-corrected chi connectivity index (χ3v) is 4.75. The van der Waals surface area contributed by atoms with Crippen LogP contribution in [0.1, 0.15) is 45.3 Å². The fraction of sp³-hybridized carbons (Fsp3) is 0.647. The summed E-state index contributed by atoms with van der Waals surface area (Å²) in [4.78, 5) is 2.35. The molecule has 0 spiro atoms. The Labute approximate surface area is 125 Å². The predicted octanol–water partition coefficient (Wildman–Crippen LogP) is 3.75. The maximum absolute atomic E-state index is 13.7. The van der Waals surface area contributed by atoms with Crippen LogP contribution in [0.2, 0.25) is 0 Å². The van der Waals surface area contributed by atoms with E-state index in [2.05, 4.69) is 25.7 Å². The smallest absolute Gasteiger partial charge is 0.164 e. The Morgan fingerprint density at radius 1 is 1.29 bits per heavy atom. The molecule has 1 saturated heterocycles. The highest BCUT2D eigenvalue weighted by Gasteiger charge is 2.29. The lowest BCUT2D eigenvalue weighted by Crippen LogP contribution is -2.46. The molecule has 2 rings (SSSR count). The van der Waals surface area contributed by atoms with Crippen molar-refractivity contribution in [2.24, 2.45) is 11.8 Å². The summed E-state index contributed by atoms with van der Waals surface area (Å²) in [5.74, 6) is -0.574. The van der Waals surface area contributed by atoms with Gasteiger partial charge in [0.05, 0.1) is 6.10 Å². The standard InChI is InChI=1S/C17H25F2NO/c1-11-9-12(2)13(3)20(10-11)8-7-16(21)14-5-4-6-15(18)17(14)19/h4-6,11-13,16,21H,7-10H2,1-3H3. The number of piperidine rings is 1. The van der Waals surface area contributed by atoms with Crippen molar-refractivity contribution in [1.29, 1.82) is 0 Å². The molecule has 118 valence electrons. The zero-order valence-electron chi connectivity index (χ0n) is 13.0. The third kappa shape index (κ3) is 3.80. The molecule has 0 bridgehead atoms. The number of hydrogen-bond acceptors (Lipinski definition) is 2. The molecular formula is C17H25F2NO. The topological polar surface area (TPSA) is 23.5 Å². The Hall–Kier alpha value is -1.00. The first-order chi connectivity index (χ1) is 9.90. The molecule has 1 aliphatic heterocycles. The first-order valence-electron chi connectivity index (χ1n) is 7.76. The second-order valence-electron chi connectivity index (χ2n) is 6.50. The van der Waals surface area contributed by atoms with Crippen molar-refractivity contribution < 1.29 is 13.9 Å². The van der Waals surface area contributed by atoms with Gasteiger partial charge in [-0.15, -0.1) is 0 Å². The minimum absolute atomic E-state index is 0.0563. The molecule has 1 aliphatic rings. The molecule has 1 heterocycles. The van der Waals surface area contributed by atoms with E-state index in [-0.39, 0.29) is 5.56 Å². The summed E-state index contributed by atoms with van der Waals surface area (Å²) in [5, 5.41) is 10.1. The molecule has 0 radical (unpaired) electrons. The SMILES string of the molecule is CC1CC(C)C(C)N(CCC(O)c2cccc(F)c2F)C1. The zero-order valence-corrected chi connectivity index (χ0v) is 13.0. The van der Waals surface area contributed by atoms with Gasteiger partial charge in [0.15, 0.2) is 11.6 Å². The number of hydrogen-bond donors (Lipinski definition) is 1. The van der Waals surface area contributed by atoms with Gasteiger partial charge in [-0.3, -0.25) is 0 Å². The second kappa shape index (κ2) is 6.84. The highest BCUT2D eigenvalue weighted by Crippen LogP contribution is 2.28. The molecule has 21 heavy (non-hydrogen) atoms. The molecule has 1 fully saturated rings. The average molecular weight is 297 g/mol. The van der Waals surface area contributed by atoms with Gasteiger partial charge in [0.25, 0.3) is 0 Å². The van der Waals surface area contributed by atoms with Crippen molar-refractivity contribution in [2.75, 3.05) is 13.1 Å². The maximum Gasteiger partial charge on any atom is 0.164 e. The van der Waals surface area contributed by atoms with Crippen LogP contribution in [0.3, 0.4) is 0 Å². The van der Waals surface area contributed by atoms with E-state index in [4.69, 9.17) is 0 Å².